The molecule has 1 heterocycles. The number of rotatable bonds is 4. The number of nitro groups is 1. The van der Waals surface area contributed by atoms with Gasteiger partial charge in [-0.3, -0.25) is 14.9 Å². The standard InChI is InChI=1S/C18H19N3O3/c1-12-7-8-15(21(23)24)10-16(12)19-18(22)11-20-13(2)9-14-5-3-4-6-17(14)20/h3-8,10,13H,9,11H2,1-2H3,(H,19,22)/t13-/m1/s1. The van der Waals surface area contributed by atoms with Crippen LogP contribution in [0.3, 0.4) is 0 Å². The monoisotopic (exact) mass is 325 g/mol. The van der Waals surface area contributed by atoms with Gasteiger partial charge in [-0.1, -0.05) is 24.3 Å². The maximum absolute atomic E-state index is 12.4. The van der Waals surface area contributed by atoms with Crippen LogP contribution in [0.2, 0.25) is 0 Å². The van der Waals surface area contributed by atoms with Crippen molar-refractivity contribution in [3.05, 3.63) is 63.7 Å². The molecule has 0 aliphatic carbocycles. The number of aryl methyl sites for hydroxylation is 1. The molecule has 2 aromatic rings. The zero-order valence-electron chi connectivity index (χ0n) is 13.7. The normalized spacial score (nSPS) is 15.9. The Morgan fingerprint density at radius 3 is 2.83 bits per heavy atom. The lowest BCUT2D eigenvalue weighted by Crippen LogP contribution is -2.37. The third-order valence-corrected chi connectivity index (χ3v) is 4.37. The van der Waals surface area contributed by atoms with Crippen molar-refractivity contribution in [1.82, 2.24) is 0 Å². The number of amides is 1. The summed E-state index contributed by atoms with van der Waals surface area (Å²) in [6.45, 7) is 4.12. The number of anilines is 2. The second kappa shape index (κ2) is 6.31. The lowest BCUT2D eigenvalue weighted by atomic mass is 10.1. The second-order valence-electron chi connectivity index (χ2n) is 6.11. The molecule has 124 valence electrons. The van der Waals surface area contributed by atoms with Crippen LogP contribution >= 0.6 is 0 Å². The van der Waals surface area contributed by atoms with E-state index in [4.69, 9.17) is 0 Å². The van der Waals surface area contributed by atoms with Crippen molar-refractivity contribution in [3.63, 3.8) is 0 Å². The molecule has 0 saturated heterocycles. The van der Waals surface area contributed by atoms with Gasteiger partial charge in [-0.2, -0.15) is 0 Å². The number of para-hydroxylation sites is 1. The van der Waals surface area contributed by atoms with Crippen LogP contribution in [-0.4, -0.2) is 23.4 Å². The van der Waals surface area contributed by atoms with Crippen LogP contribution in [0.4, 0.5) is 17.1 Å². The van der Waals surface area contributed by atoms with Crippen LogP contribution in [-0.2, 0) is 11.2 Å². The number of fused-ring (bicyclic) bond motifs is 1. The molecule has 6 heteroatoms. The Bertz CT molecular complexity index is 804. The highest BCUT2D eigenvalue weighted by molar-refractivity contribution is 5.95. The van der Waals surface area contributed by atoms with Gasteiger partial charge in [-0.25, -0.2) is 0 Å². The summed E-state index contributed by atoms with van der Waals surface area (Å²) in [7, 11) is 0. The van der Waals surface area contributed by atoms with E-state index in [0.717, 1.165) is 17.7 Å². The Hall–Kier alpha value is -2.89. The van der Waals surface area contributed by atoms with Gasteiger partial charge < -0.3 is 10.2 Å². The first kappa shape index (κ1) is 16.0. The minimum Gasteiger partial charge on any atom is -0.359 e. The topological polar surface area (TPSA) is 75.5 Å². The van der Waals surface area contributed by atoms with Crippen LogP contribution in [0.15, 0.2) is 42.5 Å². The molecule has 0 spiro atoms. The van der Waals surface area contributed by atoms with Crippen LogP contribution in [0.1, 0.15) is 18.1 Å². The van der Waals surface area contributed by atoms with Crippen LogP contribution < -0.4 is 10.2 Å². The average Bonchev–Trinajstić information content (AvgIpc) is 2.85. The Morgan fingerprint density at radius 2 is 2.08 bits per heavy atom. The van der Waals surface area contributed by atoms with Crippen LogP contribution in [0.5, 0.6) is 0 Å². The molecule has 0 aromatic heterocycles. The van der Waals surface area contributed by atoms with Crippen molar-refractivity contribution in [2.45, 2.75) is 26.3 Å². The third-order valence-electron chi connectivity index (χ3n) is 4.37. The van der Waals surface area contributed by atoms with Gasteiger partial charge in [0.25, 0.3) is 5.69 Å². The molecule has 0 radical (unpaired) electrons. The summed E-state index contributed by atoms with van der Waals surface area (Å²) in [6, 6.07) is 12.8. The van der Waals surface area contributed by atoms with E-state index in [0.29, 0.717) is 5.69 Å². The number of hydrogen-bond donors (Lipinski definition) is 1. The molecule has 0 saturated carbocycles. The number of nitrogens with one attached hydrogen (secondary N) is 1. The number of benzene rings is 2. The Morgan fingerprint density at radius 1 is 1.33 bits per heavy atom. The fourth-order valence-corrected chi connectivity index (χ4v) is 3.07. The van der Waals surface area contributed by atoms with Gasteiger partial charge in [0.05, 0.1) is 17.2 Å². The third kappa shape index (κ3) is 3.08. The number of nitrogens with zero attached hydrogens (tertiary/aromatic N) is 2. The van der Waals surface area contributed by atoms with Crippen molar-refractivity contribution >= 4 is 23.0 Å². The summed E-state index contributed by atoms with van der Waals surface area (Å²) in [5.74, 6) is -0.179. The fourth-order valence-electron chi connectivity index (χ4n) is 3.07. The molecule has 1 N–H and O–H groups in total. The zero-order valence-corrected chi connectivity index (χ0v) is 13.7. The summed E-state index contributed by atoms with van der Waals surface area (Å²) in [6.07, 6.45) is 0.916. The number of carbonyl (C=O) groups is 1. The summed E-state index contributed by atoms with van der Waals surface area (Å²) in [5.41, 5.74) is 3.56. The van der Waals surface area contributed by atoms with Gasteiger partial charge in [0.15, 0.2) is 0 Å². The molecule has 2 aromatic carbocycles. The minimum absolute atomic E-state index is 0.0317. The number of nitro benzene ring substituents is 1. The van der Waals surface area contributed by atoms with Gasteiger partial charge in [0, 0.05) is 23.9 Å². The van der Waals surface area contributed by atoms with Crippen LogP contribution in [0, 0.1) is 17.0 Å². The summed E-state index contributed by atoms with van der Waals surface area (Å²) in [5, 5.41) is 13.7. The van der Waals surface area contributed by atoms with E-state index in [1.54, 1.807) is 6.07 Å². The maximum Gasteiger partial charge on any atom is 0.271 e. The van der Waals surface area contributed by atoms with Crippen molar-refractivity contribution in [1.29, 1.82) is 0 Å². The highest BCUT2D eigenvalue weighted by atomic mass is 16.6. The minimum atomic E-state index is -0.464. The fraction of sp³-hybridized carbons (Fsp3) is 0.278. The second-order valence-corrected chi connectivity index (χ2v) is 6.11. The van der Waals surface area contributed by atoms with E-state index in [1.165, 1.54) is 17.7 Å². The number of non-ortho nitro benzene ring substituents is 1. The van der Waals surface area contributed by atoms with Gasteiger partial charge in [0.1, 0.15) is 0 Å². The number of hydrogen-bond acceptors (Lipinski definition) is 4. The zero-order chi connectivity index (χ0) is 17.3. The molecule has 6 nitrogen and oxygen atoms in total. The Balaban J connectivity index is 1.75. The smallest absolute Gasteiger partial charge is 0.271 e. The SMILES string of the molecule is Cc1ccc([N+](=O)[O-])cc1NC(=O)CN1c2ccccc2C[C@H]1C. The highest BCUT2D eigenvalue weighted by Gasteiger charge is 2.27. The molecule has 1 amide bonds. The van der Waals surface area contributed by atoms with E-state index in [2.05, 4.69) is 23.2 Å². The first-order valence-corrected chi connectivity index (χ1v) is 7.85. The molecule has 1 atom stereocenters. The van der Waals surface area contributed by atoms with Gasteiger partial charge in [-0.05, 0) is 37.5 Å². The average molecular weight is 325 g/mol. The molecular weight excluding hydrogens is 306 g/mol. The highest BCUT2D eigenvalue weighted by Crippen LogP contribution is 2.31. The Labute approximate surface area is 140 Å². The first-order chi connectivity index (χ1) is 11.5. The summed E-state index contributed by atoms with van der Waals surface area (Å²) >= 11 is 0. The maximum atomic E-state index is 12.4. The van der Waals surface area contributed by atoms with Crippen molar-refractivity contribution in [2.24, 2.45) is 0 Å². The molecule has 3 rings (SSSR count). The molecule has 1 aliphatic heterocycles. The quantitative estimate of drug-likeness (QED) is 0.691. The lowest BCUT2D eigenvalue weighted by Gasteiger charge is -2.24. The van der Waals surface area contributed by atoms with E-state index >= 15 is 0 Å². The summed E-state index contributed by atoms with van der Waals surface area (Å²) in [4.78, 5) is 24.9. The molecule has 0 fully saturated rings. The van der Waals surface area contributed by atoms with Gasteiger partial charge in [-0.15, -0.1) is 0 Å². The Kier molecular flexibility index (Phi) is 4.20. The van der Waals surface area contributed by atoms with Crippen molar-refractivity contribution in [2.75, 3.05) is 16.8 Å². The van der Waals surface area contributed by atoms with E-state index in [1.807, 2.05) is 25.1 Å². The summed E-state index contributed by atoms with van der Waals surface area (Å²) < 4.78 is 0. The van der Waals surface area contributed by atoms with Crippen LogP contribution in [0.25, 0.3) is 0 Å². The largest absolute Gasteiger partial charge is 0.359 e. The molecule has 0 unspecified atom stereocenters. The predicted molar refractivity (Wildman–Crippen MR) is 93.4 cm³/mol. The molecular formula is C18H19N3O3. The predicted octanol–water partition coefficient (Wildman–Crippen LogP) is 3.29. The van der Waals surface area contributed by atoms with Gasteiger partial charge in [0.2, 0.25) is 5.91 Å². The molecule has 0 bridgehead atoms. The van der Waals surface area contributed by atoms with E-state index in [9.17, 15) is 14.9 Å². The van der Waals surface area contributed by atoms with Crippen molar-refractivity contribution in [3.8, 4) is 0 Å². The van der Waals surface area contributed by atoms with Gasteiger partial charge >= 0.3 is 0 Å². The lowest BCUT2D eigenvalue weighted by molar-refractivity contribution is -0.384. The molecule has 24 heavy (non-hydrogen) atoms. The van der Waals surface area contributed by atoms with E-state index in [-0.39, 0.29) is 24.2 Å². The van der Waals surface area contributed by atoms with Crippen molar-refractivity contribution < 1.29 is 9.72 Å². The van der Waals surface area contributed by atoms with E-state index < -0.39 is 4.92 Å². The molecule has 1 aliphatic rings. The number of carbonyl (C=O) groups excluding carboxylic acids is 1. The first-order valence-electron chi connectivity index (χ1n) is 7.85.